The molecule has 24 heavy (non-hydrogen) atoms. The summed E-state index contributed by atoms with van der Waals surface area (Å²) in [7, 11) is 0. The summed E-state index contributed by atoms with van der Waals surface area (Å²) in [6, 6.07) is 15.0. The highest BCUT2D eigenvalue weighted by atomic mass is 16.3. The fourth-order valence-electron chi connectivity index (χ4n) is 2.88. The Bertz CT molecular complexity index is 1190. The number of aromatic amines is 1. The Morgan fingerprint density at radius 2 is 1.83 bits per heavy atom. The molecule has 0 fully saturated rings. The second kappa shape index (κ2) is 4.76. The zero-order valence-electron chi connectivity index (χ0n) is 12.5. The number of H-pyrrole nitrogens is 1. The van der Waals surface area contributed by atoms with Crippen LogP contribution in [0, 0.1) is 0 Å². The van der Waals surface area contributed by atoms with Crippen molar-refractivity contribution < 1.29 is 5.11 Å². The molecule has 3 heterocycles. The van der Waals surface area contributed by atoms with Gasteiger partial charge in [-0.1, -0.05) is 30.3 Å². The number of hydrogen-bond donors (Lipinski definition) is 2. The molecule has 3 aromatic heterocycles. The Kier molecular flexibility index (Phi) is 2.58. The molecule has 5 aromatic rings. The zero-order valence-corrected chi connectivity index (χ0v) is 12.5. The van der Waals surface area contributed by atoms with Gasteiger partial charge in [-0.05, 0) is 23.8 Å². The molecule has 5 rings (SSSR count). The normalized spacial score (nSPS) is 11.7. The maximum Gasteiger partial charge on any atom is 0.273 e. The highest BCUT2D eigenvalue weighted by Crippen LogP contribution is 2.22. The molecule has 2 N–H and O–H groups in total. The molecule has 0 aliphatic heterocycles. The SMILES string of the molecule is Oc1ccc(Cc2nnc3nc4[nH]c5ccccc5c4nn23)cc1. The van der Waals surface area contributed by atoms with Crippen LogP contribution < -0.4 is 0 Å². The van der Waals surface area contributed by atoms with Crippen LogP contribution in [0.5, 0.6) is 5.75 Å². The van der Waals surface area contributed by atoms with Gasteiger partial charge in [0.2, 0.25) is 0 Å². The number of fused-ring (bicyclic) bond motifs is 4. The highest BCUT2D eigenvalue weighted by Gasteiger charge is 2.13. The first-order valence-corrected chi connectivity index (χ1v) is 7.54. The van der Waals surface area contributed by atoms with Crippen LogP contribution in [-0.4, -0.2) is 34.9 Å². The van der Waals surface area contributed by atoms with Crippen LogP contribution in [0.1, 0.15) is 11.4 Å². The van der Waals surface area contributed by atoms with E-state index in [9.17, 15) is 5.11 Å². The first-order valence-electron chi connectivity index (χ1n) is 7.54. The summed E-state index contributed by atoms with van der Waals surface area (Å²) in [6.07, 6.45) is 0.560. The van der Waals surface area contributed by atoms with E-state index >= 15 is 0 Å². The average Bonchev–Trinajstić information content (AvgIpc) is 3.16. The number of hydrogen-bond acceptors (Lipinski definition) is 5. The predicted molar refractivity (Wildman–Crippen MR) is 88.9 cm³/mol. The van der Waals surface area contributed by atoms with Crippen molar-refractivity contribution in [3.05, 3.63) is 59.9 Å². The van der Waals surface area contributed by atoms with Gasteiger partial charge in [0.1, 0.15) is 11.3 Å². The highest BCUT2D eigenvalue weighted by molar-refractivity contribution is 6.03. The molecular weight excluding hydrogens is 304 g/mol. The van der Waals surface area contributed by atoms with Gasteiger partial charge in [0.25, 0.3) is 5.78 Å². The molecule has 0 bridgehead atoms. The summed E-state index contributed by atoms with van der Waals surface area (Å²) in [5.41, 5.74) is 3.51. The van der Waals surface area contributed by atoms with Crippen LogP contribution >= 0.6 is 0 Å². The number of phenolic OH excluding ortho intramolecular Hbond substituents is 1. The van der Waals surface area contributed by atoms with E-state index in [2.05, 4.69) is 25.3 Å². The summed E-state index contributed by atoms with van der Waals surface area (Å²) in [5.74, 6) is 1.41. The number of aromatic nitrogens is 6. The van der Waals surface area contributed by atoms with Crippen molar-refractivity contribution in [1.29, 1.82) is 0 Å². The molecule has 0 aliphatic rings. The molecule has 116 valence electrons. The number of rotatable bonds is 2. The van der Waals surface area contributed by atoms with Crippen LogP contribution in [0.25, 0.3) is 27.8 Å². The Balaban J connectivity index is 1.69. The van der Waals surface area contributed by atoms with Crippen molar-refractivity contribution in [2.75, 3.05) is 0 Å². The molecule has 0 saturated carbocycles. The lowest BCUT2D eigenvalue weighted by Crippen LogP contribution is -2.01. The smallest absolute Gasteiger partial charge is 0.273 e. The lowest BCUT2D eigenvalue weighted by Gasteiger charge is -2.00. The van der Waals surface area contributed by atoms with E-state index in [4.69, 9.17) is 0 Å². The van der Waals surface area contributed by atoms with Gasteiger partial charge in [-0.3, -0.25) is 0 Å². The first kappa shape index (κ1) is 13.0. The van der Waals surface area contributed by atoms with Crippen molar-refractivity contribution in [2.45, 2.75) is 6.42 Å². The number of phenols is 1. The molecule has 2 aromatic carbocycles. The molecule has 7 heteroatoms. The molecule has 7 nitrogen and oxygen atoms in total. The van der Waals surface area contributed by atoms with Crippen molar-refractivity contribution in [2.24, 2.45) is 0 Å². The van der Waals surface area contributed by atoms with Gasteiger partial charge >= 0.3 is 0 Å². The molecule has 0 radical (unpaired) electrons. The third-order valence-electron chi connectivity index (χ3n) is 4.06. The summed E-state index contributed by atoms with van der Waals surface area (Å²) >= 11 is 0. The molecule has 0 amide bonds. The molecule has 0 saturated heterocycles. The standard InChI is InChI=1S/C17H12N6O/c24-11-7-5-10(6-8-11)9-14-20-21-17-19-16-15(22-23(14)17)12-3-1-2-4-13(12)18-16/h1-8,24H,9H2,(H,18,19,21). The van der Waals surface area contributed by atoms with Crippen LogP contribution in [0.4, 0.5) is 0 Å². The predicted octanol–water partition coefficient (Wildman–Crippen LogP) is 2.45. The van der Waals surface area contributed by atoms with E-state index < -0.39 is 0 Å². The first-order chi connectivity index (χ1) is 11.8. The number of nitrogens with zero attached hydrogens (tertiary/aromatic N) is 5. The third-order valence-corrected chi connectivity index (χ3v) is 4.06. The maximum atomic E-state index is 9.39. The summed E-state index contributed by atoms with van der Waals surface area (Å²) < 4.78 is 1.68. The van der Waals surface area contributed by atoms with Gasteiger partial charge in [-0.15, -0.1) is 10.2 Å². The lowest BCUT2D eigenvalue weighted by molar-refractivity contribution is 0.475. The Labute approximate surface area is 135 Å². The summed E-state index contributed by atoms with van der Waals surface area (Å²) in [6.45, 7) is 0. The van der Waals surface area contributed by atoms with Gasteiger partial charge in [0.05, 0.1) is 0 Å². The second-order valence-corrected chi connectivity index (χ2v) is 5.65. The Hall–Kier alpha value is -3.48. The van der Waals surface area contributed by atoms with Crippen LogP contribution in [0.3, 0.4) is 0 Å². The minimum absolute atomic E-state index is 0.241. The fraction of sp³-hybridized carbons (Fsp3) is 0.0588. The largest absolute Gasteiger partial charge is 0.508 e. The van der Waals surface area contributed by atoms with E-state index in [0.717, 1.165) is 22.0 Å². The van der Waals surface area contributed by atoms with Crippen LogP contribution in [0.2, 0.25) is 0 Å². The molecule has 0 atom stereocenters. The van der Waals surface area contributed by atoms with Crippen molar-refractivity contribution in [1.82, 2.24) is 29.8 Å². The zero-order chi connectivity index (χ0) is 16.1. The Morgan fingerprint density at radius 1 is 1.00 bits per heavy atom. The minimum atomic E-state index is 0.241. The second-order valence-electron chi connectivity index (χ2n) is 5.65. The van der Waals surface area contributed by atoms with Gasteiger partial charge in [-0.2, -0.15) is 14.6 Å². The van der Waals surface area contributed by atoms with Gasteiger partial charge in [-0.25, -0.2) is 0 Å². The molecule has 0 unspecified atom stereocenters. The molecular formula is C17H12N6O. The monoisotopic (exact) mass is 316 g/mol. The van der Waals surface area contributed by atoms with Crippen molar-refractivity contribution in [3.8, 4) is 5.75 Å². The average molecular weight is 316 g/mol. The van der Waals surface area contributed by atoms with Crippen molar-refractivity contribution >= 4 is 27.8 Å². The maximum absolute atomic E-state index is 9.39. The molecule has 0 spiro atoms. The van der Waals surface area contributed by atoms with Gasteiger partial charge in [0, 0.05) is 17.3 Å². The van der Waals surface area contributed by atoms with Crippen LogP contribution in [-0.2, 0) is 6.42 Å². The quantitative estimate of drug-likeness (QED) is 0.522. The summed E-state index contributed by atoms with van der Waals surface area (Å²) in [4.78, 5) is 7.78. The van der Waals surface area contributed by atoms with E-state index in [1.54, 1.807) is 16.6 Å². The van der Waals surface area contributed by atoms with E-state index in [-0.39, 0.29) is 5.75 Å². The van der Waals surface area contributed by atoms with Gasteiger partial charge < -0.3 is 10.1 Å². The topological polar surface area (TPSA) is 92.0 Å². The van der Waals surface area contributed by atoms with Crippen LogP contribution in [0.15, 0.2) is 48.5 Å². The van der Waals surface area contributed by atoms with E-state index in [1.165, 1.54) is 0 Å². The number of aromatic hydroxyl groups is 1. The Morgan fingerprint density at radius 3 is 2.71 bits per heavy atom. The third kappa shape index (κ3) is 1.91. The number of para-hydroxylation sites is 1. The summed E-state index contributed by atoms with van der Waals surface area (Å²) in [5, 5.41) is 23.4. The fourth-order valence-corrected chi connectivity index (χ4v) is 2.88. The number of benzene rings is 2. The lowest BCUT2D eigenvalue weighted by atomic mass is 10.1. The minimum Gasteiger partial charge on any atom is -0.508 e. The number of nitrogens with one attached hydrogen (secondary N) is 1. The van der Waals surface area contributed by atoms with Gasteiger partial charge in [0.15, 0.2) is 11.5 Å². The van der Waals surface area contributed by atoms with E-state index in [0.29, 0.717) is 23.7 Å². The van der Waals surface area contributed by atoms with Crippen molar-refractivity contribution in [3.63, 3.8) is 0 Å². The molecule has 0 aliphatic carbocycles. The van der Waals surface area contributed by atoms with E-state index in [1.807, 2.05) is 36.4 Å².